The highest BCUT2D eigenvalue weighted by Gasteiger charge is 2.29. The maximum absolute atomic E-state index is 11.6. The number of nitrogens with zero attached hydrogens (tertiary/aromatic N) is 4. The second-order valence-electron chi connectivity index (χ2n) is 21.6. The number of rotatable bonds is 6. The predicted molar refractivity (Wildman–Crippen MR) is 268 cm³/mol. The fourth-order valence-electron chi connectivity index (χ4n) is 8.56. The average molecular weight is 875 g/mol. The van der Waals surface area contributed by atoms with E-state index < -0.39 is 0 Å². The van der Waals surface area contributed by atoms with Crippen LogP contribution in [-0.4, -0.2) is 30.1 Å². The zero-order valence-corrected chi connectivity index (χ0v) is 40.0. The van der Waals surface area contributed by atoms with Crippen LogP contribution in [0.2, 0.25) is 0 Å². The van der Waals surface area contributed by atoms with Crippen molar-refractivity contribution in [3.63, 3.8) is 0 Å². The molecule has 0 aliphatic heterocycles. The standard InChI is InChI=1S/C58H58N4O4/c1-55(2,3)37-27-41(51(63)43(29-37)57(7,8)9)53-61-49-39(21-15-23-47(49)65-53)33-17-13-19-35(25-33)45-31-46(60-32-59-45)36-20-14-18-34(26-36)40-22-16-24-48-50(40)62-54(66-48)42-28-38(56(4,5)6)30-44(52(42)64)58(10,11)12/h13-32,63-64H,1-12H3. The molecule has 66 heavy (non-hydrogen) atoms. The van der Waals surface area contributed by atoms with E-state index in [1.807, 2.05) is 78.9 Å². The zero-order valence-electron chi connectivity index (χ0n) is 40.0. The first-order valence-electron chi connectivity index (χ1n) is 22.6. The molecule has 0 atom stereocenters. The number of benzene rings is 6. The van der Waals surface area contributed by atoms with Gasteiger partial charge in [0.1, 0.15) is 28.9 Å². The summed E-state index contributed by atoms with van der Waals surface area (Å²) in [4.78, 5) is 19.5. The molecule has 0 aliphatic carbocycles. The molecule has 8 heteroatoms. The molecule has 9 aromatic rings. The first-order valence-corrected chi connectivity index (χ1v) is 22.6. The number of hydrogen-bond acceptors (Lipinski definition) is 8. The zero-order chi connectivity index (χ0) is 47.1. The quantitative estimate of drug-likeness (QED) is 0.170. The summed E-state index contributed by atoms with van der Waals surface area (Å²) in [5, 5.41) is 23.3. The molecule has 0 radical (unpaired) electrons. The molecule has 0 spiro atoms. The first kappa shape index (κ1) is 44.2. The highest BCUT2D eigenvalue weighted by Crippen LogP contribution is 2.45. The normalized spacial score (nSPS) is 12.7. The van der Waals surface area contributed by atoms with Crippen LogP contribution in [-0.2, 0) is 21.7 Å². The molecule has 3 aromatic heterocycles. The van der Waals surface area contributed by atoms with Crippen LogP contribution in [0.1, 0.15) is 105 Å². The maximum Gasteiger partial charge on any atom is 0.231 e. The van der Waals surface area contributed by atoms with Crippen molar-refractivity contribution in [2.75, 3.05) is 0 Å². The van der Waals surface area contributed by atoms with Crippen molar-refractivity contribution in [1.29, 1.82) is 0 Å². The Morgan fingerprint density at radius 3 is 1.15 bits per heavy atom. The summed E-state index contributed by atoms with van der Waals surface area (Å²) in [6.07, 6.45) is 1.60. The highest BCUT2D eigenvalue weighted by atomic mass is 16.4. The van der Waals surface area contributed by atoms with Gasteiger partial charge in [0, 0.05) is 33.4 Å². The van der Waals surface area contributed by atoms with Crippen molar-refractivity contribution in [2.24, 2.45) is 0 Å². The molecule has 0 saturated heterocycles. The van der Waals surface area contributed by atoms with E-state index in [1.165, 1.54) is 0 Å². The Hall–Kier alpha value is -7.06. The predicted octanol–water partition coefficient (Wildman–Crippen LogP) is 15.4. The maximum atomic E-state index is 11.6. The van der Waals surface area contributed by atoms with Crippen molar-refractivity contribution in [1.82, 2.24) is 19.9 Å². The second kappa shape index (κ2) is 15.8. The van der Waals surface area contributed by atoms with Crippen molar-refractivity contribution in [3.8, 4) is 79.2 Å². The molecular formula is C58H58N4O4. The summed E-state index contributed by atoms with van der Waals surface area (Å²) in [7, 11) is 0. The third kappa shape index (κ3) is 8.25. The first-order chi connectivity index (χ1) is 31.0. The third-order valence-electron chi connectivity index (χ3n) is 12.5. The minimum Gasteiger partial charge on any atom is -0.507 e. The van der Waals surface area contributed by atoms with Gasteiger partial charge in [-0.15, -0.1) is 0 Å². The van der Waals surface area contributed by atoms with Crippen LogP contribution >= 0.6 is 0 Å². The van der Waals surface area contributed by atoms with Gasteiger partial charge in [0.05, 0.1) is 22.5 Å². The molecule has 2 N–H and O–H groups in total. The molecule has 8 nitrogen and oxygen atoms in total. The van der Waals surface area contributed by atoms with Gasteiger partial charge in [0.25, 0.3) is 0 Å². The lowest BCUT2D eigenvalue weighted by Crippen LogP contribution is -2.17. The number of oxazole rings is 2. The highest BCUT2D eigenvalue weighted by molar-refractivity contribution is 5.95. The van der Waals surface area contributed by atoms with Crippen LogP contribution in [0.5, 0.6) is 11.5 Å². The van der Waals surface area contributed by atoms with Gasteiger partial charge >= 0.3 is 0 Å². The fraction of sp³-hybridized carbons (Fsp3) is 0.276. The molecule has 334 valence electrons. The lowest BCUT2D eigenvalue weighted by Gasteiger charge is -2.27. The van der Waals surface area contributed by atoms with E-state index in [0.29, 0.717) is 45.1 Å². The minimum atomic E-state index is -0.290. The smallest absolute Gasteiger partial charge is 0.231 e. The van der Waals surface area contributed by atoms with Crippen LogP contribution in [0, 0.1) is 0 Å². The Morgan fingerprint density at radius 2 is 0.773 bits per heavy atom. The molecule has 6 aromatic carbocycles. The number of hydrogen-bond donors (Lipinski definition) is 2. The monoisotopic (exact) mass is 874 g/mol. The lowest BCUT2D eigenvalue weighted by atomic mass is 9.79. The van der Waals surface area contributed by atoms with E-state index in [0.717, 1.165) is 67.0 Å². The average Bonchev–Trinajstić information content (AvgIpc) is 3.90. The van der Waals surface area contributed by atoms with Gasteiger partial charge in [0.15, 0.2) is 11.2 Å². The van der Waals surface area contributed by atoms with Crippen LogP contribution in [0.25, 0.3) is 89.9 Å². The molecule has 0 unspecified atom stereocenters. The van der Waals surface area contributed by atoms with E-state index in [9.17, 15) is 10.2 Å². The summed E-state index contributed by atoms with van der Waals surface area (Å²) >= 11 is 0. The van der Waals surface area contributed by atoms with E-state index in [4.69, 9.17) is 28.8 Å². The van der Waals surface area contributed by atoms with Crippen molar-refractivity contribution >= 4 is 22.2 Å². The second-order valence-corrected chi connectivity index (χ2v) is 21.6. The lowest BCUT2D eigenvalue weighted by molar-refractivity contribution is 0.443. The van der Waals surface area contributed by atoms with E-state index >= 15 is 0 Å². The van der Waals surface area contributed by atoms with Gasteiger partial charge in [-0.3, -0.25) is 0 Å². The molecule has 0 saturated carbocycles. The van der Waals surface area contributed by atoms with Gasteiger partial charge in [-0.2, -0.15) is 0 Å². The SMILES string of the molecule is CC(C)(C)c1cc(-c2nc3c(-c4cccc(-c5cc(-c6cccc(-c7cccc8oc(-c9cc(C(C)(C)C)cc(C(C)(C)C)c9O)nc78)c6)ncn5)c4)cccc3o2)c(O)c(C(C)(C)C)c1. The number of phenolic OH excluding ortho intramolecular Hbond substituents is 2. The summed E-state index contributed by atoms with van der Waals surface area (Å²) in [5.41, 5.74) is 14.0. The molecule has 0 amide bonds. The van der Waals surface area contributed by atoms with E-state index in [2.05, 4.69) is 119 Å². The van der Waals surface area contributed by atoms with Gasteiger partial charge in [-0.1, -0.05) is 156 Å². The minimum absolute atomic E-state index is 0.149. The Labute approximate surface area is 387 Å². The molecule has 3 heterocycles. The third-order valence-corrected chi connectivity index (χ3v) is 12.5. The number of phenols is 2. The van der Waals surface area contributed by atoms with Crippen molar-refractivity contribution in [3.05, 3.63) is 144 Å². The molecule has 9 rings (SSSR count). The summed E-state index contributed by atoms with van der Waals surface area (Å²) in [6.45, 7) is 25.6. The topological polar surface area (TPSA) is 118 Å². The fourth-order valence-corrected chi connectivity index (χ4v) is 8.56. The Bertz CT molecular complexity index is 3110. The Kier molecular flexibility index (Phi) is 10.6. The number of aromatic hydroxyl groups is 2. The molecular weight excluding hydrogens is 817 g/mol. The Morgan fingerprint density at radius 1 is 0.394 bits per heavy atom. The van der Waals surface area contributed by atoms with E-state index in [-0.39, 0.29) is 33.2 Å². The van der Waals surface area contributed by atoms with Crippen LogP contribution in [0.4, 0.5) is 0 Å². The number of para-hydroxylation sites is 2. The van der Waals surface area contributed by atoms with Gasteiger partial charge in [0.2, 0.25) is 11.8 Å². The van der Waals surface area contributed by atoms with Gasteiger partial charge in [-0.25, -0.2) is 19.9 Å². The Balaban J connectivity index is 1.06. The molecule has 0 aliphatic rings. The van der Waals surface area contributed by atoms with E-state index in [1.54, 1.807) is 6.33 Å². The largest absolute Gasteiger partial charge is 0.507 e. The van der Waals surface area contributed by atoms with Crippen LogP contribution < -0.4 is 0 Å². The molecule has 0 bridgehead atoms. The van der Waals surface area contributed by atoms with Crippen LogP contribution in [0.3, 0.4) is 0 Å². The number of fused-ring (bicyclic) bond motifs is 2. The van der Waals surface area contributed by atoms with Gasteiger partial charge in [-0.05, 0) is 86.4 Å². The van der Waals surface area contributed by atoms with Crippen molar-refractivity contribution in [2.45, 2.75) is 105 Å². The molecule has 0 fully saturated rings. The van der Waals surface area contributed by atoms with Gasteiger partial charge < -0.3 is 19.0 Å². The summed E-state index contributed by atoms with van der Waals surface area (Å²) in [6, 6.07) is 38.6. The van der Waals surface area contributed by atoms with Crippen molar-refractivity contribution < 1.29 is 19.0 Å². The van der Waals surface area contributed by atoms with Crippen LogP contribution in [0.15, 0.2) is 130 Å². The number of aromatic nitrogens is 4. The summed E-state index contributed by atoms with van der Waals surface area (Å²) in [5.74, 6) is 1.14. The summed E-state index contributed by atoms with van der Waals surface area (Å²) < 4.78 is 12.8.